The Morgan fingerprint density at radius 2 is 2.11 bits per heavy atom. The summed E-state index contributed by atoms with van der Waals surface area (Å²) in [5, 5.41) is 1.47. The van der Waals surface area contributed by atoms with Crippen molar-refractivity contribution in [3.63, 3.8) is 0 Å². The lowest BCUT2D eigenvalue weighted by atomic mass is 9.95. The Balaban J connectivity index is 1.79. The van der Waals surface area contributed by atoms with E-state index in [2.05, 4.69) is 16.5 Å². The maximum absolute atomic E-state index is 6.22. The topological polar surface area (TPSA) is 17.8 Å². The van der Waals surface area contributed by atoms with Crippen molar-refractivity contribution in [1.29, 1.82) is 0 Å². The lowest BCUT2D eigenvalue weighted by molar-refractivity contribution is 0.552. The Labute approximate surface area is 124 Å². The summed E-state index contributed by atoms with van der Waals surface area (Å²) in [6.45, 7) is 3.24. The summed E-state index contributed by atoms with van der Waals surface area (Å²) in [7, 11) is 0. The third-order valence-corrected chi connectivity index (χ3v) is 3.92. The molecule has 0 fully saturated rings. The molecule has 1 heterocycles. The largest absolute Gasteiger partial charge is 0.337 e. The third-order valence-electron chi connectivity index (χ3n) is 3.36. The Bertz CT molecular complexity index is 509. The van der Waals surface area contributed by atoms with Gasteiger partial charge in [0.2, 0.25) is 0 Å². The first-order valence-corrected chi connectivity index (χ1v) is 7.33. The second kappa shape index (κ2) is 6.97. The van der Waals surface area contributed by atoms with Gasteiger partial charge in [-0.25, -0.2) is 4.98 Å². The van der Waals surface area contributed by atoms with Crippen molar-refractivity contribution in [2.45, 2.75) is 38.6 Å². The number of benzene rings is 1. The summed E-state index contributed by atoms with van der Waals surface area (Å²) in [6.07, 6.45) is 9.15. The molecule has 0 saturated carbocycles. The molecule has 1 aromatic heterocycles. The number of rotatable bonds is 6. The fourth-order valence-electron chi connectivity index (χ4n) is 2.22. The van der Waals surface area contributed by atoms with Gasteiger partial charge in [0.1, 0.15) is 0 Å². The van der Waals surface area contributed by atoms with Crippen molar-refractivity contribution in [2.75, 3.05) is 0 Å². The van der Waals surface area contributed by atoms with E-state index in [0.717, 1.165) is 24.4 Å². The minimum Gasteiger partial charge on any atom is -0.337 e. The molecule has 0 amide bonds. The molecule has 4 heteroatoms. The molecule has 1 aromatic carbocycles. The summed E-state index contributed by atoms with van der Waals surface area (Å²) >= 11 is 12.1. The van der Waals surface area contributed by atoms with Gasteiger partial charge in [-0.05, 0) is 36.5 Å². The van der Waals surface area contributed by atoms with Gasteiger partial charge in [0, 0.05) is 29.0 Å². The summed E-state index contributed by atoms with van der Waals surface area (Å²) in [5.74, 6) is 0.465. The molecule has 102 valence electrons. The van der Waals surface area contributed by atoms with Crippen LogP contribution in [-0.2, 0) is 6.54 Å². The van der Waals surface area contributed by atoms with E-state index >= 15 is 0 Å². The van der Waals surface area contributed by atoms with Gasteiger partial charge in [-0.3, -0.25) is 0 Å². The normalized spacial score (nSPS) is 12.6. The molecule has 0 N–H and O–H groups in total. The van der Waals surface area contributed by atoms with Crippen LogP contribution in [0.3, 0.4) is 0 Å². The molecule has 1 unspecified atom stereocenters. The maximum atomic E-state index is 6.22. The van der Waals surface area contributed by atoms with Crippen LogP contribution < -0.4 is 0 Å². The Morgan fingerprint density at radius 1 is 1.26 bits per heavy atom. The standard InChI is InChI=1S/C15H18Cl2N2/c1-12(14-6-5-13(16)10-15(14)17)4-2-3-8-19-9-7-18-11-19/h5-7,9-12H,2-4,8H2,1H3. The second-order valence-corrected chi connectivity index (χ2v) is 5.71. The molecular weight excluding hydrogens is 279 g/mol. The molecule has 2 aromatic rings. The highest BCUT2D eigenvalue weighted by molar-refractivity contribution is 6.35. The number of unbranched alkanes of at least 4 members (excludes halogenated alkanes) is 1. The van der Waals surface area contributed by atoms with E-state index in [0.29, 0.717) is 10.9 Å². The number of aryl methyl sites for hydroxylation is 1. The lowest BCUT2D eigenvalue weighted by Crippen LogP contribution is -1.98. The SMILES string of the molecule is CC(CCCCn1ccnc1)c1ccc(Cl)cc1Cl. The molecular formula is C15H18Cl2N2. The zero-order valence-corrected chi connectivity index (χ0v) is 12.5. The van der Waals surface area contributed by atoms with Crippen molar-refractivity contribution in [3.8, 4) is 0 Å². The van der Waals surface area contributed by atoms with Gasteiger partial charge >= 0.3 is 0 Å². The van der Waals surface area contributed by atoms with Gasteiger partial charge < -0.3 is 4.57 Å². The van der Waals surface area contributed by atoms with Crippen molar-refractivity contribution < 1.29 is 0 Å². The van der Waals surface area contributed by atoms with Crippen LogP contribution in [-0.4, -0.2) is 9.55 Å². The fraction of sp³-hybridized carbons (Fsp3) is 0.400. The quantitative estimate of drug-likeness (QED) is 0.673. The van der Waals surface area contributed by atoms with E-state index in [-0.39, 0.29) is 0 Å². The predicted octanol–water partition coefficient (Wildman–Crippen LogP) is 5.16. The van der Waals surface area contributed by atoms with Gasteiger partial charge in [-0.15, -0.1) is 0 Å². The van der Waals surface area contributed by atoms with E-state index in [1.165, 1.54) is 12.0 Å². The van der Waals surface area contributed by atoms with Gasteiger partial charge in [0.05, 0.1) is 6.33 Å². The van der Waals surface area contributed by atoms with E-state index in [9.17, 15) is 0 Å². The average Bonchev–Trinajstić information content (AvgIpc) is 2.87. The molecule has 0 radical (unpaired) electrons. The summed E-state index contributed by atoms with van der Waals surface area (Å²) in [5.41, 5.74) is 1.19. The number of imidazole rings is 1. The molecule has 19 heavy (non-hydrogen) atoms. The Morgan fingerprint density at radius 3 is 2.79 bits per heavy atom. The number of hydrogen-bond donors (Lipinski definition) is 0. The Kier molecular flexibility index (Phi) is 5.29. The third kappa shape index (κ3) is 4.26. The highest BCUT2D eigenvalue weighted by Crippen LogP contribution is 2.30. The summed E-state index contributed by atoms with van der Waals surface area (Å²) < 4.78 is 2.11. The first-order chi connectivity index (χ1) is 9.16. The molecule has 0 bridgehead atoms. The smallest absolute Gasteiger partial charge is 0.0945 e. The summed E-state index contributed by atoms with van der Waals surface area (Å²) in [6, 6.07) is 5.76. The summed E-state index contributed by atoms with van der Waals surface area (Å²) in [4.78, 5) is 4.04. The van der Waals surface area contributed by atoms with Crippen LogP contribution in [0.25, 0.3) is 0 Å². The van der Waals surface area contributed by atoms with Gasteiger partial charge in [0.15, 0.2) is 0 Å². The van der Waals surface area contributed by atoms with Crippen LogP contribution in [0.4, 0.5) is 0 Å². The van der Waals surface area contributed by atoms with Crippen LogP contribution in [0.1, 0.15) is 37.7 Å². The average molecular weight is 297 g/mol. The minimum atomic E-state index is 0.465. The van der Waals surface area contributed by atoms with Crippen LogP contribution in [0.2, 0.25) is 10.0 Å². The second-order valence-electron chi connectivity index (χ2n) is 4.86. The highest BCUT2D eigenvalue weighted by Gasteiger charge is 2.09. The highest BCUT2D eigenvalue weighted by atomic mass is 35.5. The van der Waals surface area contributed by atoms with E-state index in [1.807, 2.05) is 36.9 Å². The molecule has 0 aliphatic carbocycles. The van der Waals surface area contributed by atoms with Gasteiger partial charge in [-0.1, -0.05) is 42.6 Å². The van der Waals surface area contributed by atoms with Gasteiger partial charge in [-0.2, -0.15) is 0 Å². The maximum Gasteiger partial charge on any atom is 0.0945 e. The zero-order valence-electron chi connectivity index (χ0n) is 11.0. The van der Waals surface area contributed by atoms with Crippen LogP contribution in [0.5, 0.6) is 0 Å². The van der Waals surface area contributed by atoms with Crippen LogP contribution in [0, 0.1) is 0 Å². The molecule has 0 saturated heterocycles. The van der Waals surface area contributed by atoms with Crippen molar-refractivity contribution in [3.05, 3.63) is 52.5 Å². The molecule has 1 atom stereocenters. The van der Waals surface area contributed by atoms with E-state index in [1.54, 1.807) is 0 Å². The van der Waals surface area contributed by atoms with E-state index in [4.69, 9.17) is 23.2 Å². The van der Waals surface area contributed by atoms with Crippen LogP contribution in [0.15, 0.2) is 36.9 Å². The number of aromatic nitrogens is 2. The van der Waals surface area contributed by atoms with Crippen LogP contribution >= 0.6 is 23.2 Å². The van der Waals surface area contributed by atoms with E-state index < -0.39 is 0 Å². The fourth-order valence-corrected chi connectivity index (χ4v) is 2.82. The number of halogens is 2. The molecule has 0 spiro atoms. The van der Waals surface area contributed by atoms with Gasteiger partial charge in [0.25, 0.3) is 0 Å². The zero-order chi connectivity index (χ0) is 13.7. The number of hydrogen-bond acceptors (Lipinski definition) is 1. The predicted molar refractivity (Wildman–Crippen MR) is 81.0 cm³/mol. The van der Waals surface area contributed by atoms with Crippen molar-refractivity contribution in [2.24, 2.45) is 0 Å². The molecule has 2 nitrogen and oxygen atoms in total. The Hall–Kier alpha value is -0.990. The first kappa shape index (κ1) is 14.4. The molecule has 0 aliphatic rings. The molecule has 0 aliphatic heterocycles. The number of nitrogens with zero attached hydrogens (tertiary/aromatic N) is 2. The first-order valence-electron chi connectivity index (χ1n) is 6.57. The van der Waals surface area contributed by atoms with Crippen molar-refractivity contribution in [1.82, 2.24) is 9.55 Å². The minimum absolute atomic E-state index is 0.465. The monoisotopic (exact) mass is 296 g/mol. The van der Waals surface area contributed by atoms with Crippen molar-refractivity contribution >= 4 is 23.2 Å². The molecule has 2 rings (SSSR count). The lowest BCUT2D eigenvalue weighted by Gasteiger charge is -2.13.